The van der Waals surface area contributed by atoms with Gasteiger partial charge in [0.05, 0.1) is 28.7 Å². The molecule has 0 spiro atoms. The molecule has 2 N–H and O–H groups in total. The van der Waals surface area contributed by atoms with E-state index in [0.717, 1.165) is 0 Å². The number of halogens is 4. The predicted molar refractivity (Wildman–Crippen MR) is 116 cm³/mol. The molecule has 1 aromatic carbocycles. The summed E-state index contributed by atoms with van der Waals surface area (Å²) in [7, 11) is 1.42. The fraction of sp³-hybridized carbons (Fsp3) is 0.200. The lowest BCUT2D eigenvalue weighted by molar-refractivity contribution is -0.140. The number of carbonyl (C=O) groups excluding carboxylic acids is 2. The van der Waals surface area contributed by atoms with Crippen LogP contribution in [-0.2, 0) is 12.7 Å². The highest BCUT2D eigenvalue weighted by molar-refractivity contribution is 9.10. The minimum Gasteiger partial charge on any atom is -0.351 e. The third-order valence-electron chi connectivity index (χ3n) is 4.84. The van der Waals surface area contributed by atoms with Crippen molar-refractivity contribution in [3.8, 4) is 0 Å². The van der Waals surface area contributed by atoms with E-state index < -0.39 is 23.7 Å². The number of aromatic nitrogens is 5. The molecule has 0 atom stereocenters. The van der Waals surface area contributed by atoms with Crippen LogP contribution in [0.25, 0.3) is 10.9 Å². The van der Waals surface area contributed by atoms with Crippen molar-refractivity contribution in [2.45, 2.75) is 19.6 Å². The summed E-state index contributed by atoms with van der Waals surface area (Å²) in [5, 5.41) is 13.0. The van der Waals surface area contributed by atoms with Crippen LogP contribution < -0.4 is 10.6 Å². The molecule has 0 saturated carbocycles. The van der Waals surface area contributed by atoms with Gasteiger partial charge < -0.3 is 15.2 Å². The summed E-state index contributed by atoms with van der Waals surface area (Å²) in [4.78, 5) is 32.1. The highest BCUT2D eigenvalue weighted by Crippen LogP contribution is 2.32. The van der Waals surface area contributed by atoms with Crippen molar-refractivity contribution in [3.05, 3.63) is 63.6 Å². The first-order chi connectivity index (χ1) is 16.1. The van der Waals surface area contributed by atoms with Gasteiger partial charge in [0, 0.05) is 16.9 Å². The zero-order valence-corrected chi connectivity index (χ0v) is 19.2. The van der Waals surface area contributed by atoms with Gasteiger partial charge in [0.25, 0.3) is 5.91 Å². The highest BCUT2D eigenvalue weighted by Gasteiger charge is 2.34. The van der Waals surface area contributed by atoms with Crippen molar-refractivity contribution in [3.63, 3.8) is 0 Å². The molecule has 2 amide bonds. The molecule has 34 heavy (non-hydrogen) atoms. The predicted octanol–water partition coefficient (Wildman–Crippen LogP) is 3.56. The Bertz CT molecular complexity index is 1410. The highest BCUT2D eigenvalue weighted by atomic mass is 79.9. The number of anilines is 1. The van der Waals surface area contributed by atoms with E-state index in [2.05, 4.69) is 46.8 Å². The topological polar surface area (TPSA) is 128 Å². The first-order valence-electron chi connectivity index (χ1n) is 9.62. The normalized spacial score (nSPS) is 11.6. The SMILES string of the molecule is CNC(=O)c1nc(Cn2ncc(NC(=O)c3cc(C(F)(F)F)nc4ccc(Br)cc34)c2C)no1. The van der Waals surface area contributed by atoms with Gasteiger partial charge in [0.2, 0.25) is 0 Å². The number of carbonyl (C=O) groups is 2. The summed E-state index contributed by atoms with van der Waals surface area (Å²) in [6.45, 7) is 1.68. The molecule has 0 fully saturated rings. The zero-order valence-electron chi connectivity index (χ0n) is 17.6. The zero-order chi connectivity index (χ0) is 24.6. The number of fused-ring (bicyclic) bond motifs is 1. The van der Waals surface area contributed by atoms with Crippen LogP contribution in [0.15, 0.2) is 39.5 Å². The Hall–Kier alpha value is -3.81. The Morgan fingerprint density at radius 2 is 1.94 bits per heavy atom. The fourth-order valence-electron chi connectivity index (χ4n) is 3.10. The number of hydrogen-bond donors (Lipinski definition) is 2. The van der Waals surface area contributed by atoms with Crippen LogP contribution in [0.1, 0.15) is 38.3 Å². The van der Waals surface area contributed by atoms with E-state index in [0.29, 0.717) is 16.2 Å². The van der Waals surface area contributed by atoms with Gasteiger partial charge in [-0.15, -0.1) is 0 Å². The number of pyridine rings is 1. The number of hydrogen-bond acceptors (Lipinski definition) is 7. The van der Waals surface area contributed by atoms with Crippen LogP contribution >= 0.6 is 15.9 Å². The number of rotatable bonds is 5. The standard InChI is InChI=1S/C20H15BrF3N7O3/c1-9-14(7-26-31(9)8-16-29-19(34-30-16)18(33)25-2)28-17(32)12-6-15(20(22,23)24)27-13-4-3-10(21)5-11(12)13/h3-7H,8H2,1-2H3,(H,25,33)(H,28,32). The van der Waals surface area contributed by atoms with Crippen LogP contribution in [0.3, 0.4) is 0 Å². The molecule has 4 rings (SSSR count). The Morgan fingerprint density at radius 3 is 2.65 bits per heavy atom. The van der Waals surface area contributed by atoms with Gasteiger partial charge in [0.15, 0.2) is 5.82 Å². The molecule has 0 aliphatic rings. The second-order valence-corrected chi connectivity index (χ2v) is 7.98. The molecule has 3 heterocycles. The Morgan fingerprint density at radius 1 is 1.18 bits per heavy atom. The van der Waals surface area contributed by atoms with Crippen molar-refractivity contribution in [1.29, 1.82) is 0 Å². The Kier molecular flexibility index (Phi) is 6.08. The van der Waals surface area contributed by atoms with Gasteiger partial charge in [-0.25, -0.2) is 4.98 Å². The Labute approximate surface area is 197 Å². The number of alkyl halides is 3. The Balaban J connectivity index is 1.62. The van der Waals surface area contributed by atoms with E-state index in [-0.39, 0.29) is 40.4 Å². The van der Waals surface area contributed by atoms with Gasteiger partial charge >= 0.3 is 18.0 Å². The molecule has 0 bridgehead atoms. The lowest BCUT2D eigenvalue weighted by atomic mass is 10.1. The van der Waals surface area contributed by atoms with E-state index in [1.807, 2.05) is 0 Å². The second-order valence-electron chi connectivity index (χ2n) is 7.06. The van der Waals surface area contributed by atoms with Crippen LogP contribution in [0, 0.1) is 6.92 Å². The van der Waals surface area contributed by atoms with Gasteiger partial charge in [-0.3, -0.25) is 14.3 Å². The molecular formula is C20H15BrF3N7O3. The van der Waals surface area contributed by atoms with Crippen LogP contribution in [0.2, 0.25) is 0 Å². The van der Waals surface area contributed by atoms with Gasteiger partial charge in [-0.2, -0.15) is 23.3 Å². The van der Waals surface area contributed by atoms with Gasteiger partial charge in [0.1, 0.15) is 12.2 Å². The van der Waals surface area contributed by atoms with E-state index in [1.165, 1.54) is 30.1 Å². The first kappa shape index (κ1) is 23.4. The number of nitrogens with zero attached hydrogens (tertiary/aromatic N) is 5. The number of nitrogens with one attached hydrogen (secondary N) is 2. The lowest BCUT2D eigenvalue weighted by Crippen LogP contribution is -2.18. The maximum atomic E-state index is 13.4. The van der Waals surface area contributed by atoms with Gasteiger partial charge in [-0.05, 0) is 31.2 Å². The van der Waals surface area contributed by atoms with Crippen molar-refractivity contribution < 1.29 is 27.3 Å². The lowest BCUT2D eigenvalue weighted by Gasteiger charge is -2.12. The quantitative estimate of drug-likeness (QED) is 0.398. The van der Waals surface area contributed by atoms with Gasteiger partial charge in [-0.1, -0.05) is 21.1 Å². The summed E-state index contributed by atoms with van der Waals surface area (Å²) in [6.07, 6.45) is -3.38. The van der Waals surface area contributed by atoms with E-state index in [9.17, 15) is 22.8 Å². The molecule has 10 nitrogen and oxygen atoms in total. The van der Waals surface area contributed by atoms with Crippen molar-refractivity contribution in [2.24, 2.45) is 0 Å². The third-order valence-corrected chi connectivity index (χ3v) is 5.33. The van der Waals surface area contributed by atoms with E-state index >= 15 is 0 Å². The van der Waals surface area contributed by atoms with Crippen LogP contribution in [0.5, 0.6) is 0 Å². The maximum absolute atomic E-state index is 13.4. The molecule has 0 unspecified atom stereocenters. The summed E-state index contributed by atoms with van der Waals surface area (Å²) in [5.74, 6) is -1.35. The fourth-order valence-corrected chi connectivity index (χ4v) is 3.46. The molecule has 4 aromatic rings. The average molecular weight is 538 g/mol. The average Bonchev–Trinajstić information content (AvgIpc) is 3.39. The molecule has 0 radical (unpaired) electrons. The molecule has 3 aromatic heterocycles. The summed E-state index contributed by atoms with van der Waals surface area (Å²) in [6, 6.07) is 5.17. The van der Waals surface area contributed by atoms with Crippen LogP contribution in [0.4, 0.5) is 18.9 Å². The van der Waals surface area contributed by atoms with E-state index in [4.69, 9.17) is 4.52 Å². The summed E-state index contributed by atoms with van der Waals surface area (Å²) >= 11 is 3.26. The summed E-state index contributed by atoms with van der Waals surface area (Å²) in [5.41, 5.74) is -0.591. The summed E-state index contributed by atoms with van der Waals surface area (Å²) < 4.78 is 46.9. The first-order valence-corrected chi connectivity index (χ1v) is 10.4. The minimum atomic E-state index is -4.73. The smallest absolute Gasteiger partial charge is 0.351 e. The van der Waals surface area contributed by atoms with Crippen molar-refractivity contribution in [2.75, 3.05) is 12.4 Å². The third kappa shape index (κ3) is 4.62. The van der Waals surface area contributed by atoms with Crippen molar-refractivity contribution in [1.82, 2.24) is 30.2 Å². The van der Waals surface area contributed by atoms with Crippen LogP contribution in [-0.4, -0.2) is 43.8 Å². The molecule has 176 valence electrons. The maximum Gasteiger partial charge on any atom is 0.433 e. The van der Waals surface area contributed by atoms with Crippen molar-refractivity contribution >= 4 is 44.3 Å². The molecule has 14 heteroatoms. The molecule has 0 saturated heterocycles. The monoisotopic (exact) mass is 537 g/mol. The minimum absolute atomic E-state index is 0.0274. The molecular weight excluding hydrogens is 523 g/mol. The number of amides is 2. The molecule has 0 aliphatic heterocycles. The van der Waals surface area contributed by atoms with E-state index in [1.54, 1.807) is 13.0 Å². The second kappa shape index (κ2) is 8.85. The number of benzene rings is 1. The molecule has 0 aliphatic carbocycles. The largest absolute Gasteiger partial charge is 0.433 e.